The Kier molecular flexibility index (Phi) is 3.40. The highest BCUT2D eigenvalue weighted by molar-refractivity contribution is 6.30. The van der Waals surface area contributed by atoms with Gasteiger partial charge in [-0.1, -0.05) is 17.7 Å². The van der Waals surface area contributed by atoms with Crippen molar-refractivity contribution >= 4 is 11.6 Å². The van der Waals surface area contributed by atoms with Gasteiger partial charge in [0.15, 0.2) is 0 Å². The Balaban J connectivity index is 1.88. The Morgan fingerprint density at radius 3 is 3.11 bits per heavy atom. The summed E-state index contributed by atoms with van der Waals surface area (Å²) in [7, 11) is 0. The molecule has 1 aliphatic heterocycles. The van der Waals surface area contributed by atoms with E-state index >= 15 is 0 Å². The van der Waals surface area contributed by atoms with E-state index in [1.54, 1.807) is 12.4 Å². The molecule has 4 heteroatoms. The van der Waals surface area contributed by atoms with E-state index in [4.69, 9.17) is 22.1 Å². The standard InChI is InChI=1S/C15H15ClN2O/c16-13-6-10-3-5-19-15(10)12(7-13)8-14(17)11-2-1-4-18-9-11/h1-2,4,6-7,9,14H,3,5,8,17H2. The summed E-state index contributed by atoms with van der Waals surface area (Å²) in [5.74, 6) is 0.962. The fourth-order valence-corrected chi connectivity index (χ4v) is 2.71. The van der Waals surface area contributed by atoms with E-state index in [0.717, 1.165) is 34.9 Å². The molecule has 0 amide bonds. The first-order valence-corrected chi connectivity index (χ1v) is 6.71. The Hall–Kier alpha value is -1.58. The summed E-state index contributed by atoms with van der Waals surface area (Å²) in [6, 6.07) is 7.71. The molecule has 1 aliphatic rings. The molecular weight excluding hydrogens is 260 g/mol. The molecule has 19 heavy (non-hydrogen) atoms. The second-order valence-electron chi connectivity index (χ2n) is 4.75. The summed E-state index contributed by atoms with van der Waals surface area (Å²) in [5.41, 5.74) is 9.52. The molecule has 0 fully saturated rings. The lowest BCUT2D eigenvalue weighted by Crippen LogP contribution is -2.14. The summed E-state index contributed by atoms with van der Waals surface area (Å²) >= 11 is 6.15. The molecule has 0 aliphatic carbocycles. The average molecular weight is 275 g/mol. The maximum atomic E-state index is 6.23. The van der Waals surface area contributed by atoms with Gasteiger partial charge in [-0.15, -0.1) is 0 Å². The van der Waals surface area contributed by atoms with Crippen LogP contribution in [-0.4, -0.2) is 11.6 Å². The highest BCUT2D eigenvalue weighted by Crippen LogP contribution is 2.34. The molecule has 2 N–H and O–H groups in total. The van der Waals surface area contributed by atoms with Crippen LogP contribution in [-0.2, 0) is 12.8 Å². The number of hydrogen-bond donors (Lipinski definition) is 1. The Morgan fingerprint density at radius 2 is 2.32 bits per heavy atom. The molecule has 1 aromatic heterocycles. The van der Waals surface area contributed by atoms with Gasteiger partial charge in [0.25, 0.3) is 0 Å². The number of benzene rings is 1. The minimum atomic E-state index is -0.0968. The monoisotopic (exact) mass is 274 g/mol. The molecule has 3 nitrogen and oxygen atoms in total. The van der Waals surface area contributed by atoms with E-state index in [0.29, 0.717) is 6.42 Å². The molecule has 3 rings (SSSR count). The molecule has 1 aromatic carbocycles. The predicted octanol–water partition coefficient (Wildman–Crippen LogP) is 2.91. The van der Waals surface area contributed by atoms with Crippen molar-refractivity contribution in [2.24, 2.45) is 5.73 Å². The zero-order chi connectivity index (χ0) is 13.2. The summed E-state index contributed by atoms with van der Waals surface area (Å²) in [6.45, 7) is 0.727. The van der Waals surface area contributed by atoms with E-state index in [9.17, 15) is 0 Å². The number of nitrogens with zero attached hydrogens (tertiary/aromatic N) is 1. The second kappa shape index (κ2) is 5.19. The first-order valence-electron chi connectivity index (χ1n) is 6.33. The Bertz CT molecular complexity index is 586. The van der Waals surface area contributed by atoms with Gasteiger partial charge in [-0.25, -0.2) is 0 Å². The molecule has 0 saturated carbocycles. The van der Waals surface area contributed by atoms with Crippen molar-refractivity contribution in [2.75, 3.05) is 6.61 Å². The van der Waals surface area contributed by atoms with E-state index in [1.165, 1.54) is 5.56 Å². The summed E-state index contributed by atoms with van der Waals surface area (Å²) in [6.07, 6.45) is 5.17. The van der Waals surface area contributed by atoms with E-state index in [1.807, 2.05) is 24.3 Å². The van der Waals surface area contributed by atoms with Gasteiger partial charge in [0.2, 0.25) is 0 Å². The third kappa shape index (κ3) is 2.57. The number of hydrogen-bond acceptors (Lipinski definition) is 3. The van der Waals surface area contributed by atoms with Gasteiger partial charge < -0.3 is 10.5 Å². The van der Waals surface area contributed by atoms with Crippen molar-refractivity contribution in [3.63, 3.8) is 0 Å². The molecule has 0 bridgehead atoms. The highest BCUT2D eigenvalue weighted by atomic mass is 35.5. The van der Waals surface area contributed by atoms with E-state index in [-0.39, 0.29) is 6.04 Å². The van der Waals surface area contributed by atoms with Gasteiger partial charge in [-0.3, -0.25) is 4.98 Å². The van der Waals surface area contributed by atoms with Gasteiger partial charge in [0.1, 0.15) is 5.75 Å². The average Bonchev–Trinajstić information content (AvgIpc) is 2.88. The number of fused-ring (bicyclic) bond motifs is 1. The minimum Gasteiger partial charge on any atom is -0.493 e. The number of aromatic nitrogens is 1. The zero-order valence-corrected chi connectivity index (χ0v) is 11.2. The third-order valence-electron chi connectivity index (χ3n) is 3.38. The molecule has 2 heterocycles. The zero-order valence-electron chi connectivity index (χ0n) is 10.5. The maximum absolute atomic E-state index is 6.23. The van der Waals surface area contributed by atoms with E-state index in [2.05, 4.69) is 4.98 Å². The molecule has 98 valence electrons. The Labute approximate surface area is 117 Å². The summed E-state index contributed by atoms with van der Waals surface area (Å²) in [5, 5.41) is 0.748. The topological polar surface area (TPSA) is 48.1 Å². The normalized spacial score (nSPS) is 14.8. The van der Waals surface area contributed by atoms with Crippen LogP contribution in [0.4, 0.5) is 0 Å². The summed E-state index contributed by atoms with van der Waals surface area (Å²) < 4.78 is 5.69. The van der Waals surface area contributed by atoms with Crippen LogP contribution in [0.1, 0.15) is 22.7 Å². The lowest BCUT2D eigenvalue weighted by Gasteiger charge is -2.14. The maximum Gasteiger partial charge on any atom is 0.125 e. The fourth-order valence-electron chi connectivity index (χ4n) is 2.45. The fraction of sp³-hybridized carbons (Fsp3) is 0.267. The second-order valence-corrected chi connectivity index (χ2v) is 5.19. The van der Waals surface area contributed by atoms with Gasteiger partial charge in [0, 0.05) is 29.9 Å². The van der Waals surface area contributed by atoms with Crippen LogP contribution in [0.3, 0.4) is 0 Å². The van der Waals surface area contributed by atoms with Crippen LogP contribution >= 0.6 is 11.6 Å². The Morgan fingerprint density at radius 1 is 1.42 bits per heavy atom. The number of rotatable bonds is 3. The van der Waals surface area contributed by atoms with E-state index < -0.39 is 0 Å². The van der Waals surface area contributed by atoms with Crippen molar-refractivity contribution < 1.29 is 4.74 Å². The number of nitrogens with two attached hydrogens (primary N) is 1. The first-order chi connectivity index (χ1) is 9.24. The van der Waals surface area contributed by atoms with Crippen molar-refractivity contribution in [1.29, 1.82) is 0 Å². The van der Waals surface area contributed by atoms with Gasteiger partial charge in [-0.2, -0.15) is 0 Å². The molecule has 0 spiro atoms. The smallest absolute Gasteiger partial charge is 0.125 e. The minimum absolute atomic E-state index is 0.0968. The van der Waals surface area contributed by atoms with Gasteiger partial charge >= 0.3 is 0 Å². The molecule has 1 atom stereocenters. The van der Waals surface area contributed by atoms with Crippen molar-refractivity contribution in [3.05, 3.63) is 58.4 Å². The van der Waals surface area contributed by atoms with Crippen LogP contribution in [0.2, 0.25) is 5.02 Å². The molecule has 0 saturated heterocycles. The van der Waals surface area contributed by atoms with Crippen molar-refractivity contribution in [1.82, 2.24) is 4.98 Å². The van der Waals surface area contributed by atoms with Gasteiger partial charge in [0.05, 0.1) is 6.61 Å². The van der Waals surface area contributed by atoms with Crippen molar-refractivity contribution in [3.8, 4) is 5.75 Å². The van der Waals surface area contributed by atoms with Crippen LogP contribution in [0.25, 0.3) is 0 Å². The predicted molar refractivity (Wildman–Crippen MR) is 75.5 cm³/mol. The molecular formula is C15H15ClN2O. The third-order valence-corrected chi connectivity index (χ3v) is 3.60. The van der Waals surface area contributed by atoms with Gasteiger partial charge in [-0.05, 0) is 41.3 Å². The molecule has 1 unspecified atom stereocenters. The van der Waals surface area contributed by atoms with Crippen LogP contribution in [0, 0.1) is 0 Å². The molecule has 2 aromatic rings. The van der Waals surface area contributed by atoms with Crippen LogP contribution in [0.5, 0.6) is 5.75 Å². The summed E-state index contributed by atoms with van der Waals surface area (Å²) in [4.78, 5) is 4.10. The van der Waals surface area contributed by atoms with Crippen molar-refractivity contribution in [2.45, 2.75) is 18.9 Å². The number of pyridine rings is 1. The lowest BCUT2D eigenvalue weighted by atomic mass is 9.98. The number of ether oxygens (including phenoxy) is 1. The van der Waals surface area contributed by atoms with Crippen LogP contribution in [0.15, 0.2) is 36.7 Å². The largest absolute Gasteiger partial charge is 0.493 e. The molecule has 0 radical (unpaired) electrons. The van der Waals surface area contributed by atoms with Crippen LogP contribution < -0.4 is 10.5 Å². The highest BCUT2D eigenvalue weighted by Gasteiger charge is 2.19. The number of halogens is 1. The first kappa shape index (κ1) is 12.5. The SMILES string of the molecule is NC(Cc1cc(Cl)cc2c1OCC2)c1cccnc1. The lowest BCUT2D eigenvalue weighted by molar-refractivity contribution is 0.352. The quantitative estimate of drug-likeness (QED) is 0.936.